The number of carbonyl (C=O) groups excluding carboxylic acids is 1. The van der Waals surface area contributed by atoms with E-state index in [1.54, 1.807) is 19.9 Å². The number of carbonyl (C=O) groups is 1. The third-order valence-electron chi connectivity index (χ3n) is 2.92. The number of primary amides is 1. The predicted molar refractivity (Wildman–Crippen MR) is 75.1 cm³/mol. The number of benzene rings is 1. The van der Waals surface area contributed by atoms with Gasteiger partial charge in [-0.1, -0.05) is 12.1 Å². The van der Waals surface area contributed by atoms with Crippen molar-refractivity contribution in [2.24, 2.45) is 5.73 Å². The molecule has 0 bridgehead atoms. The summed E-state index contributed by atoms with van der Waals surface area (Å²) in [4.78, 5) is 10.7. The molecule has 0 aliphatic carbocycles. The third kappa shape index (κ3) is 5.18. The summed E-state index contributed by atoms with van der Waals surface area (Å²) >= 11 is 0. The van der Waals surface area contributed by atoms with Gasteiger partial charge >= 0.3 is 0 Å². The molecule has 4 N–H and O–H groups in total. The molecule has 0 spiro atoms. The number of ether oxygens (including phenoxy) is 1. The van der Waals surface area contributed by atoms with E-state index >= 15 is 0 Å². The Labute approximate surface area is 113 Å². The van der Waals surface area contributed by atoms with Crippen LogP contribution in [0, 0.1) is 0 Å². The minimum absolute atomic E-state index is 0.145. The van der Waals surface area contributed by atoms with Gasteiger partial charge in [-0.25, -0.2) is 0 Å². The Morgan fingerprint density at radius 1 is 1.47 bits per heavy atom. The number of nitrogens with two attached hydrogens (primary N) is 1. The lowest BCUT2D eigenvalue weighted by molar-refractivity contribution is -0.118. The van der Waals surface area contributed by atoms with Gasteiger partial charge in [0.2, 0.25) is 5.91 Å². The van der Waals surface area contributed by atoms with Crippen molar-refractivity contribution in [1.29, 1.82) is 0 Å². The van der Waals surface area contributed by atoms with Crippen molar-refractivity contribution in [1.82, 2.24) is 0 Å². The van der Waals surface area contributed by atoms with Crippen molar-refractivity contribution in [3.8, 4) is 5.75 Å². The molecule has 1 aromatic rings. The zero-order chi connectivity index (χ0) is 14.5. The van der Waals surface area contributed by atoms with Crippen LogP contribution in [0.15, 0.2) is 24.3 Å². The molecule has 106 valence electrons. The zero-order valence-corrected chi connectivity index (χ0v) is 11.6. The molecule has 19 heavy (non-hydrogen) atoms. The second-order valence-corrected chi connectivity index (χ2v) is 5.08. The van der Waals surface area contributed by atoms with E-state index in [1.165, 1.54) is 0 Å². The van der Waals surface area contributed by atoms with Crippen LogP contribution < -0.4 is 15.8 Å². The first-order valence-electron chi connectivity index (χ1n) is 6.29. The molecule has 0 aliphatic heterocycles. The van der Waals surface area contributed by atoms with Crippen molar-refractivity contribution < 1.29 is 14.6 Å². The number of hydrogen-bond acceptors (Lipinski definition) is 4. The topological polar surface area (TPSA) is 84.6 Å². The Bertz CT molecular complexity index is 427. The summed E-state index contributed by atoms with van der Waals surface area (Å²) in [5, 5.41) is 13.1. The van der Waals surface area contributed by atoms with Gasteiger partial charge in [-0.15, -0.1) is 0 Å². The highest BCUT2D eigenvalue weighted by molar-refractivity contribution is 5.73. The highest BCUT2D eigenvalue weighted by Crippen LogP contribution is 2.26. The van der Waals surface area contributed by atoms with Gasteiger partial charge in [0.05, 0.1) is 30.4 Å². The van der Waals surface area contributed by atoms with Crippen LogP contribution in [-0.2, 0) is 4.79 Å². The van der Waals surface area contributed by atoms with Crippen LogP contribution in [0.2, 0.25) is 0 Å². The number of nitrogens with one attached hydrogen (secondary N) is 1. The number of rotatable bonds is 7. The molecule has 0 saturated carbocycles. The van der Waals surface area contributed by atoms with Crippen LogP contribution in [0.25, 0.3) is 0 Å². The standard InChI is InChI=1S/C14H22N2O3/c1-10(14(2,3)18)16-11-6-4-5-7-12(11)19-9-8-13(15)17/h4-7,10,16,18H,8-9H2,1-3H3,(H2,15,17). The van der Waals surface area contributed by atoms with Gasteiger partial charge in [0.15, 0.2) is 0 Å². The Kier molecular flexibility index (Phi) is 5.18. The number of hydrogen-bond donors (Lipinski definition) is 3. The maximum Gasteiger partial charge on any atom is 0.220 e. The van der Waals surface area contributed by atoms with Crippen LogP contribution in [0.3, 0.4) is 0 Å². The van der Waals surface area contributed by atoms with Crippen LogP contribution >= 0.6 is 0 Å². The number of amides is 1. The van der Waals surface area contributed by atoms with Gasteiger partial charge in [-0.05, 0) is 32.9 Å². The molecule has 0 aromatic heterocycles. The van der Waals surface area contributed by atoms with Crippen LogP contribution in [0.4, 0.5) is 5.69 Å². The second-order valence-electron chi connectivity index (χ2n) is 5.08. The molecule has 5 nitrogen and oxygen atoms in total. The van der Waals surface area contributed by atoms with Crippen molar-refractivity contribution >= 4 is 11.6 Å². The molecule has 0 saturated heterocycles. The van der Waals surface area contributed by atoms with E-state index < -0.39 is 11.5 Å². The summed E-state index contributed by atoms with van der Waals surface area (Å²) in [5.74, 6) is 0.246. The lowest BCUT2D eigenvalue weighted by Gasteiger charge is -2.28. The Morgan fingerprint density at radius 2 is 2.11 bits per heavy atom. The van der Waals surface area contributed by atoms with Crippen LogP contribution in [-0.4, -0.2) is 29.3 Å². The normalized spacial score (nSPS) is 12.8. The fraction of sp³-hybridized carbons (Fsp3) is 0.500. The molecular formula is C14H22N2O3. The highest BCUT2D eigenvalue weighted by Gasteiger charge is 2.22. The summed E-state index contributed by atoms with van der Waals surface area (Å²) in [7, 11) is 0. The van der Waals surface area contributed by atoms with Gasteiger partial charge in [0.25, 0.3) is 0 Å². The average molecular weight is 266 g/mol. The molecule has 1 rings (SSSR count). The second kappa shape index (κ2) is 6.43. The maximum absolute atomic E-state index is 10.7. The summed E-state index contributed by atoms with van der Waals surface area (Å²) in [6.45, 7) is 5.60. The van der Waals surface area contributed by atoms with Gasteiger partial charge in [-0.3, -0.25) is 4.79 Å². The van der Waals surface area contributed by atoms with Crippen LogP contribution in [0.5, 0.6) is 5.75 Å². The maximum atomic E-state index is 10.7. The molecule has 1 amide bonds. The minimum atomic E-state index is -0.847. The fourth-order valence-corrected chi connectivity index (χ4v) is 1.38. The number of aliphatic hydroxyl groups is 1. The molecule has 1 aromatic carbocycles. The molecule has 0 fully saturated rings. The first kappa shape index (κ1) is 15.3. The zero-order valence-electron chi connectivity index (χ0n) is 11.6. The van der Waals surface area contributed by atoms with Crippen molar-refractivity contribution in [2.45, 2.75) is 38.8 Å². The van der Waals surface area contributed by atoms with E-state index in [0.29, 0.717) is 5.75 Å². The largest absolute Gasteiger partial charge is 0.491 e. The van der Waals surface area contributed by atoms with E-state index in [2.05, 4.69) is 5.32 Å². The van der Waals surface area contributed by atoms with Crippen molar-refractivity contribution in [2.75, 3.05) is 11.9 Å². The molecular weight excluding hydrogens is 244 g/mol. The molecule has 0 aliphatic rings. The third-order valence-corrected chi connectivity index (χ3v) is 2.92. The minimum Gasteiger partial charge on any atom is -0.491 e. The molecule has 5 heteroatoms. The number of anilines is 1. The quantitative estimate of drug-likeness (QED) is 0.698. The van der Waals surface area contributed by atoms with Crippen molar-refractivity contribution in [3.63, 3.8) is 0 Å². The summed E-state index contributed by atoms with van der Waals surface area (Å²) < 4.78 is 5.52. The number of para-hydroxylation sites is 2. The lowest BCUT2D eigenvalue weighted by Crippen LogP contribution is -2.39. The Balaban J connectivity index is 2.70. The highest BCUT2D eigenvalue weighted by atomic mass is 16.5. The smallest absolute Gasteiger partial charge is 0.220 e. The molecule has 1 unspecified atom stereocenters. The molecule has 0 heterocycles. The van der Waals surface area contributed by atoms with E-state index in [1.807, 2.05) is 25.1 Å². The van der Waals surface area contributed by atoms with Crippen LogP contribution in [0.1, 0.15) is 27.2 Å². The van der Waals surface area contributed by atoms with E-state index in [9.17, 15) is 9.90 Å². The first-order chi connectivity index (χ1) is 8.80. The van der Waals surface area contributed by atoms with Gasteiger partial charge in [0, 0.05) is 0 Å². The Hall–Kier alpha value is -1.75. The molecule has 0 radical (unpaired) electrons. The van der Waals surface area contributed by atoms with Gasteiger partial charge < -0.3 is 20.9 Å². The van der Waals surface area contributed by atoms with Crippen molar-refractivity contribution in [3.05, 3.63) is 24.3 Å². The summed E-state index contributed by atoms with van der Waals surface area (Å²) in [5.41, 5.74) is 5.00. The summed E-state index contributed by atoms with van der Waals surface area (Å²) in [6.07, 6.45) is 0.176. The summed E-state index contributed by atoms with van der Waals surface area (Å²) in [6, 6.07) is 7.25. The average Bonchev–Trinajstić information content (AvgIpc) is 2.29. The van der Waals surface area contributed by atoms with E-state index in [0.717, 1.165) is 5.69 Å². The Morgan fingerprint density at radius 3 is 2.68 bits per heavy atom. The molecule has 1 atom stereocenters. The van der Waals surface area contributed by atoms with Gasteiger partial charge in [0.1, 0.15) is 5.75 Å². The SMILES string of the molecule is CC(Nc1ccccc1OCCC(N)=O)C(C)(C)O. The predicted octanol–water partition coefficient (Wildman–Crippen LogP) is 1.51. The van der Waals surface area contributed by atoms with Gasteiger partial charge in [-0.2, -0.15) is 0 Å². The van der Waals surface area contributed by atoms with E-state index in [-0.39, 0.29) is 19.1 Å². The lowest BCUT2D eigenvalue weighted by atomic mass is 10.0. The monoisotopic (exact) mass is 266 g/mol. The first-order valence-corrected chi connectivity index (χ1v) is 6.29. The van der Waals surface area contributed by atoms with E-state index in [4.69, 9.17) is 10.5 Å². The fourth-order valence-electron chi connectivity index (χ4n) is 1.38.